The number of alkyl halides is 1. The molecule has 15 heavy (non-hydrogen) atoms. The van der Waals surface area contributed by atoms with Crippen molar-refractivity contribution in [3.63, 3.8) is 0 Å². The summed E-state index contributed by atoms with van der Waals surface area (Å²) < 4.78 is 1.54. The van der Waals surface area contributed by atoms with E-state index in [0.29, 0.717) is 12.4 Å². The summed E-state index contributed by atoms with van der Waals surface area (Å²) in [5.41, 5.74) is -1.01. The molecule has 0 N–H and O–H groups in total. The van der Waals surface area contributed by atoms with Gasteiger partial charge in [0.1, 0.15) is 0 Å². The number of nitro groups is 1. The van der Waals surface area contributed by atoms with Crippen molar-refractivity contribution in [1.29, 1.82) is 0 Å². The van der Waals surface area contributed by atoms with Gasteiger partial charge in [0.25, 0.3) is 5.43 Å². The Morgan fingerprint density at radius 3 is 2.87 bits per heavy atom. The van der Waals surface area contributed by atoms with Crippen LogP contribution in [0.25, 0.3) is 0 Å². The normalized spacial score (nSPS) is 10.7. The van der Waals surface area contributed by atoms with E-state index in [1.807, 2.05) is 0 Å². The second kappa shape index (κ2) is 5.31. The SMILES string of the molecule is O=c1ccn(C/C=C/CCl)cc1[N+](=O)[O-]. The van der Waals surface area contributed by atoms with E-state index in [2.05, 4.69) is 0 Å². The molecule has 1 heterocycles. The van der Waals surface area contributed by atoms with Crippen LogP contribution in [0.1, 0.15) is 0 Å². The third kappa shape index (κ3) is 3.21. The highest BCUT2D eigenvalue weighted by molar-refractivity contribution is 6.18. The molecule has 0 bridgehead atoms. The summed E-state index contributed by atoms with van der Waals surface area (Å²) in [6.45, 7) is 0.452. The lowest BCUT2D eigenvalue weighted by Gasteiger charge is -2.00. The lowest BCUT2D eigenvalue weighted by atomic mass is 10.4. The van der Waals surface area contributed by atoms with Gasteiger partial charge in [-0.1, -0.05) is 12.2 Å². The van der Waals surface area contributed by atoms with Crippen LogP contribution in [-0.2, 0) is 6.54 Å². The van der Waals surface area contributed by atoms with Crippen LogP contribution in [0.2, 0.25) is 0 Å². The average Bonchev–Trinajstić information content (AvgIpc) is 2.20. The van der Waals surface area contributed by atoms with Gasteiger partial charge < -0.3 is 4.57 Å². The van der Waals surface area contributed by atoms with Gasteiger partial charge in [0.15, 0.2) is 0 Å². The number of halogens is 1. The molecule has 0 saturated heterocycles. The molecular formula is C9H9ClN2O3. The van der Waals surface area contributed by atoms with E-state index in [-0.39, 0.29) is 0 Å². The van der Waals surface area contributed by atoms with E-state index in [9.17, 15) is 14.9 Å². The zero-order chi connectivity index (χ0) is 11.3. The molecule has 80 valence electrons. The van der Waals surface area contributed by atoms with Crippen LogP contribution >= 0.6 is 11.6 Å². The van der Waals surface area contributed by atoms with Crippen LogP contribution in [0, 0.1) is 10.1 Å². The minimum atomic E-state index is -0.690. The van der Waals surface area contributed by atoms with Crippen LogP contribution in [0.4, 0.5) is 5.69 Å². The lowest BCUT2D eigenvalue weighted by Crippen LogP contribution is -2.10. The molecule has 6 heteroatoms. The van der Waals surface area contributed by atoms with Crippen molar-refractivity contribution < 1.29 is 4.92 Å². The Labute approximate surface area is 90.7 Å². The average molecular weight is 229 g/mol. The van der Waals surface area contributed by atoms with Gasteiger partial charge in [-0.2, -0.15) is 0 Å². The van der Waals surface area contributed by atoms with Crippen LogP contribution in [-0.4, -0.2) is 15.4 Å². The van der Waals surface area contributed by atoms with Crippen LogP contribution in [0.15, 0.2) is 35.4 Å². The smallest absolute Gasteiger partial charge is 0.332 e. The Balaban J connectivity index is 2.93. The van der Waals surface area contributed by atoms with Gasteiger partial charge in [0.05, 0.1) is 11.1 Å². The fourth-order valence-corrected chi connectivity index (χ4v) is 1.15. The van der Waals surface area contributed by atoms with Crippen molar-refractivity contribution in [3.8, 4) is 0 Å². The van der Waals surface area contributed by atoms with Gasteiger partial charge in [0.2, 0.25) is 0 Å². The van der Waals surface area contributed by atoms with E-state index in [1.54, 1.807) is 16.7 Å². The molecule has 1 aromatic heterocycles. The Morgan fingerprint density at radius 1 is 1.53 bits per heavy atom. The highest BCUT2D eigenvalue weighted by Crippen LogP contribution is 2.02. The number of nitrogens with zero attached hydrogens (tertiary/aromatic N) is 2. The van der Waals surface area contributed by atoms with E-state index < -0.39 is 16.0 Å². The third-order valence-electron chi connectivity index (χ3n) is 1.73. The monoisotopic (exact) mass is 228 g/mol. The number of aromatic nitrogens is 1. The van der Waals surface area contributed by atoms with Gasteiger partial charge in [0, 0.05) is 24.7 Å². The summed E-state index contributed by atoms with van der Waals surface area (Å²) >= 11 is 5.42. The van der Waals surface area contributed by atoms with Crippen molar-refractivity contribution in [2.24, 2.45) is 0 Å². The maximum Gasteiger partial charge on any atom is 0.332 e. The molecule has 0 radical (unpaired) electrons. The first-order valence-electron chi connectivity index (χ1n) is 4.20. The Bertz CT molecular complexity index is 439. The fraction of sp³-hybridized carbons (Fsp3) is 0.222. The number of hydrogen-bond donors (Lipinski definition) is 0. The lowest BCUT2D eigenvalue weighted by molar-refractivity contribution is -0.386. The molecule has 0 aromatic carbocycles. The van der Waals surface area contributed by atoms with E-state index >= 15 is 0 Å². The molecule has 1 rings (SSSR count). The molecule has 0 aliphatic heterocycles. The molecule has 0 atom stereocenters. The molecule has 0 amide bonds. The van der Waals surface area contributed by atoms with Crippen molar-refractivity contribution >= 4 is 17.3 Å². The second-order valence-corrected chi connectivity index (χ2v) is 3.08. The first-order valence-corrected chi connectivity index (χ1v) is 4.74. The van der Waals surface area contributed by atoms with E-state index in [4.69, 9.17) is 11.6 Å². The number of allylic oxidation sites excluding steroid dienone is 2. The van der Waals surface area contributed by atoms with Gasteiger partial charge in [-0.05, 0) is 0 Å². The zero-order valence-corrected chi connectivity index (χ0v) is 8.55. The zero-order valence-electron chi connectivity index (χ0n) is 7.80. The maximum atomic E-state index is 11.0. The Morgan fingerprint density at radius 2 is 2.27 bits per heavy atom. The van der Waals surface area contributed by atoms with E-state index in [0.717, 1.165) is 0 Å². The highest BCUT2D eigenvalue weighted by atomic mass is 35.5. The first kappa shape index (κ1) is 11.5. The quantitative estimate of drug-likeness (QED) is 0.340. The summed E-state index contributed by atoms with van der Waals surface area (Å²) in [5.74, 6) is 0.391. The second-order valence-electron chi connectivity index (χ2n) is 2.77. The predicted molar refractivity (Wildman–Crippen MR) is 57.2 cm³/mol. The molecule has 0 unspecified atom stereocenters. The summed E-state index contributed by atoms with van der Waals surface area (Å²) in [4.78, 5) is 20.8. The number of hydrogen-bond acceptors (Lipinski definition) is 3. The maximum absolute atomic E-state index is 11.0. The van der Waals surface area contributed by atoms with Crippen molar-refractivity contribution in [3.05, 3.63) is 50.9 Å². The molecule has 0 fully saturated rings. The Hall–Kier alpha value is -1.62. The van der Waals surface area contributed by atoms with Crippen molar-refractivity contribution in [2.75, 3.05) is 5.88 Å². The molecule has 1 aromatic rings. The summed E-state index contributed by atoms with van der Waals surface area (Å²) in [6, 6.07) is 1.17. The van der Waals surface area contributed by atoms with Crippen molar-refractivity contribution in [2.45, 2.75) is 6.54 Å². The third-order valence-corrected chi connectivity index (χ3v) is 1.90. The number of rotatable bonds is 4. The minimum absolute atomic E-state index is 0.391. The van der Waals surface area contributed by atoms with Crippen LogP contribution in [0.3, 0.4) is 0 Å². The molecular weight excluding hydrogens is 220 g/mol. The summed E-state index contributed by atoms with van der Waals surface area (Å²) in [7, 11) is 0. The van der Waals surface area contributed by atoms with Crippen LogP contribution < -0.4 is 5.43 Å². The summed E-state index contributed by atoms with van der Waals surface area (Å²) in [6.07, 6.45) is 6.20. The molecule has 0 aliphatic carbocycles. The van der Waals surface area contributed by atoms with Gasteiger partial charge in [-0.15, -0.1) is 11.6 Å². The van der Waals surface area contributed by atoms with Gasteiger partial charge in [-0.3, -0.25) is 14.9 Å². The molecule has 5 nitrogen and oxygen atoms in total. The molecule has 0 saturated carbocycles. The summed E-state index contributed by atoms with van der Waals surface area (Å²) in [5, 5.41) is 10.5. The minimum Gasteiger partial charge on any atom is -0.344 e. The Kier molecular flexibility index (Phi) is 4.05. The predicted octanol–water partition coefficient (Wildman–Crippen LogP) is 1.55. The van der Waals surface area contributed by atoms with Crippen molar-refractivity contribution in [1.82, 2.24) is 4.57 Å². The van der Waals surface area contributed by atoms with E-state index in [1.165, 1.54) is 18.5 Å². The fourth-order valence-electron chi connectivity index (χ4n) is 1.02. The van der Waals surface area contributed by atoms with Gasteiger partial charge in [-0.25, -0.2) is 0 Å². The largest absolute Gasteiger partial charge is 0.344 e. The topological polar surface area (TPSA) is 65.1 Å². The van der Waals surface area contributed by atoms with Crippen LogP contribution in [0.5, 0.6) is 0 Å². The first-order chi connectivity index (χ1) is 7.15. The van der Waals surface area contributed by atoms with Gasteiger partial charge >= 0.3 is 5.69 Å². The standard InChI is InChI=1S/C9H9ClN2O3/c10-4-1-2-5-11-6-3-9(13)8(7-11)12(14)15/h1-3,6-7H,4-5H2/b2-1+. The number of pyridine rings is 1. The highest BCUT2D eigenvalue weighted by Gasteiger charge is 2.10. The molecule has 0 aliphatic rings. The molecule has 0 spiro atoms.